The predicted molar refractivity (Wildman–Crippen MR) is 60.8 cm³/mol. The molecule has 0 aliphatic heterocycles. The van der Waals surface area contributed by atoms with Crippen LogP contribution in [0.15, 0.2) is 24.3 Å². The molecule has 0 N–H and O–H groups in total. The van der Waals surface area contributed by atoms with Gasteiger partial charge < -0.3 is 4.74 Å². The van der Waals surface area contributed by atoms with Crippen molar-refractivity contribution >= 4 is 23.3 Å². The maximum atomic E-state index is 5.76. The second kappa shape index (κ2) is 4.59. The van der Waals surface area contributed by atoms with E-state index in [2.05, 4.69) is 15.7 Å². The van der Waals surface area contributed by atoms with E-state index in [-0.39, 0.29) is 0 Å². The molecule has 0 fully saturated rings. The van der Waals surface area contributed by atoms with E-state index in [0.29, 0.717) is 11.0 Å². The second-order valence-corrected chi connectivity index (χ2v) is 3.85. The Kier molecular flexibility index (Phi) is 3.18. The quantitative estimate of drug-likeness (QED) is 0.823. The molecule has 0 amide bonds. The molecule has 2 aromatic rings. The van der Waals surface area contributed by atoms with Gasteiger partial charge in [-0.3, -0.25) is 0 Å². The molecule has 0 aliphatic rings. The van der Waals surface area contributed by atoms with Crippen LogP contribution in [-0.4, -0.2) is 8.75 Å². The molecule has 0 unspecified atom stereocenters. The van der Waals surface area contributed by atoms with Crippen molar-refractivity contribution < 1.29 is 4.74 Å². The van der Waals surface area contributed by atoms with Crippen molar-refractivity contribution in [1.29, 1.82) is 0 Å². The molecular weight excluding hydrogens is 232 g/mol. The first-order valence-electron chi connectivity index (χ1n) is 4.54. The largest absolute Gasteiger partial charge is 0.436 e. The average Bonchev–Trinajstić information content (AvgIpc) is 2.66. The number of aromatic nitrogens is 2. The van der Waals surface area contributed by atoms with Crippen LogP contribution in [0, 0.1) is 0 Å². The molecule has 0 spiro atoms. The SMILES string of the molecule is CCc1ccc(Oc2nsnc2Cl)cc1. The first-order chi connectivity index (χ1) is 7.29. The lowest BCUT2D eigenvalue weighted by Gasteiger charge is -2.02. The van der Waals surface area contributed by atoms with E-state index in [4.69, 9.17) is 16.3 Å². The first-order valence-corrected chi connectivity index (χ1v) is 5.65. The van der Waals surface area contributed by atoms with E-state index in [0.717, 1.165) is 23.9 Å². The van der Waals surface area contributed by atoms with Crippen molar-refractivity contribution in [2.45, 2.75) is 13.3 Å². The molecule has 1 aromatic heterocycles. The fraction of sp³-hybridized carbons (Fsp3) is 0.200. The summed E-state index contributed by atoms with van der Waals surface area (Å²) in [6.45, 7) is 2.11. The van der Waals surface area contributed by atoms with E-state index in [1.807, 2.05) is 24.3 Å². The summed E-state index contributed by atoms with van der Waals surface area (Å²) in [5.41, 5.74) is 1.27. The Morgan fingerprint density at radius 3 is 2.53 bits per heavy atom. The maximum Gasteiger partial charge on any atom is 0.270 e. The number of hydrogen-bond acceptors (Lipinski definition) is 4. The summed E-state index contributed by atoms with van der Waals surface area (Å²) in [6, 6.07) is 7.83. The molecule has 0 saturated carbocycles. The summed E-state index contributed by atoms with van der Waals surface area (Å²) >= 11 is 6.80. The Bertz CT molecular complexity index is 441. The van der Waals surface area contributed by atoms with Crippen molar-refractivity contribution in [3.63, 3.8) is 0 Å². The van der Waals surface area contributed by atoms with Gasteiger partial charge in [0.05, 0.1) is 11.7 Å². The fourth-order valence-electron chi connectivity index (χ4n) is 1.14. The van der Waals surface area contributed by atoms with Crippen molar-refractivity contribution in [3.8, 4) is 11.6 Å². The first kappa shape index (κ1) is 10.4. The summed E-state index contributed by atoms with van der Waals surface area (Å²) in [7, 11) is 0. The van der Waals surface area contributed by atoms with Crippen molar-refractivity contribution in [2.24, 2.45) is 0 Å². The topological polar surface area (TPSA) is 35.0 Å². The van der Waals surface area contributed by atoms with Gasteiger partial charge >= 0.3 is 0 Å². The van der Waals surface area contributed by atoms with E-state index in [1.54, 1.807) is 0 Å². The zero-order valence-electron chi connectivity index (χ0n) is 8.11. The van der Waals surface area contributed by atoms with Gasteiger partial charge in [0.25, 0.3) is 5.88 Å². The minimum Gasteiger partial charge on any atom is -0.436 e. The van der Waals surface area contributed by atoms with Crippen LogP contribution in [0.4, 0.5) is 0 Å². The summed E-state index contributed by atoms with van der Waals surface area (Å²) < 4.78 is 13.2. The average molecular weight is 241 g/mol. The standard InChI is InChI=1S/C10H9ClN2OS/c1-2-7-3-5-8(6-4-7)14-10-9(11)12-15-13-10/h3-6H,2H2,1H3. The molecule has 5 heteroatoms. The molecule has 1 aromatic carbocycles. The van der Waals surface area contributed by atoms with Gasteiger partial charge in [-0.05, 0) is 24.1 Å². The summed E-state index contributed by atoms with van der Waals surface area (Å²) in [6.07, 6.45) is 1.01. The summed E-state index contributed by atoms with van der Waals surface area (Å²) in [4.78, 5) is 0. The highest BCUT2D eigenvalue weighted by Gasteiger charge is 2.07. The predicted octanol–water partition coefficient (Wildman–Crippen LogP) is 3.55. The van der Waals surface area contributed by atoms with Crippen molar-refractivity contribution in [1.82, 2.24) is 8.75 Å². The Labute approximate surface area is 97.0 Å². The van der Waals surface area contributed by atoms with Crippen LogP contribution < -0.4 is 4.74 Å². The second-order valence-electron chi connectivity index (χ2n) is 2.96. The summed E-state index contributed by atoms with van der Waals surface area (Å²) in [5, 5.41) is 0.305. The Balaban J connectivity index is 2.14. The molecule has 15 heavy (non-hydrogen) atoms. The highest BCUT2D eigenvalue weighted by Crippen LogP contribution is 2.26. The molecule has 1 heterocycles. The van der Waals surface area contributed by atoms with Crippen molar-refractivity contribution in [3.05, 3.63) is 35.0 Å². The van der Waals surface area contributed by atoms with Gasteiger partial charge in [0.2, 0.25) is 5.15 Å². The minimum absolute atomic E-state index is 0.305. The normalized spacial score (nSPS) is 10.3. The van der Waals surface area contributed by atoms with Crippen LogP contribution in [0.3, 0.4) is 0 Å². The van der Waals surface area contributed by atoms with Gasteiger partial charge in [-0.2, -0.15) is 4.37 Å². The van der Waals surface area contributed by atoms with Crippen molar-refractivity contribution in [2.75, 3.05) is 0 Å². The van der Waals surface area contributed by atoms with Gasteiger partial charge in [0.15, 0.2) is 0 Å². The monoisotopic (exact) mass is 240 g/mol. The molecule has 0 aliphatic carbocycles. The minimum atomic E-state index is 0.305. The smallest absolute Gasteiger partial charge is 0.270 e. The third-order valence-electron chi connectivity index (χ3n) is 1.97. The van der Waals surface area contributed by atoms with Crippen LogP contribution in [-0.2, 0) is 6.42 Å². The lowest BCUT2D eigenvalue weighted by molar-refractivity contribution is 0.468. The Hall–Kier alpha value is -1.13. The Morgan fingerprint density at radius 2 is 2.00 bits per heavy atom. The van der Waals surface area contributed by atoms with E-state index in [1.165, 1.54) is 5.56 Å². The summed E-state index contributed by atoms with van der Waals surface area (Å²) in [5.74, 6) is 1.09. The van der Waals surface area contributed by atoms with Gasteiger partial charge in [-0.25, -0.2) is 0 Å². The molecule has 2 rings (SSSR count). The van der Waals surface area contributed by atoms with Gasteiger partial charge in [-0.15, -0.1) is 4.37 Å². The van der Waals surface area contributed by atoms with Gasteiger partial charge in [0, 0.05) is 0 Å². The molecular formula is C10H9ClN2OS. The lowest BCUT2D eigenvalue weighted by atomic mass is 10.2. The van der Waals surface area contributed by atoms with Gasteiger partial charge in [0.1, 0.15) is 5.75 Å². The molecule has 78 valence electrons. The number of hydrogen-bond donors (Lipinski definition) is 0. The zero-order chi connectivity index (χ0) is 10.7. The molecule has 0 saturated heterocycles. The molecule has 3 nitrogen and oxygen atoms in total. The number of aryl methyl sites for hydroxylation is 1. The fourth-order valence-corrected chi connectivity index (χ4v) is 1.75. The molecule has 0 bridgehead atoms. The number of ether oxygens (including phenoxy) is 1. The third kappa shape index (κ3) is 2.46. The van der Waals surface area contributed by atoms with Crippen LogP contribution >= 0.6 is 23.3 Å². The lowest BCUT2D eigenvalue weighted by Crippen LogP contribution is -1.85. The number of rotatable bonds is 3. The van der Waals surface area contributed by atoms with Crippen LogP contribution in [0.25, 0.3) is 0 Å². The third-order valence-corrected chi connectivity index (χ3v) is 2.83. The van der Waals surface area contributed by atoms with Crippen LogP contribution in [0.5, 0.6) is 11.6 Å². The van der Waals surface area contributed by atoms with Crippen LogP contribution in [0.2, 0.25) is 5.15 Å². The molecule has 0 radical (unpaired) electrons. The van der Waals surface area contributed by atoms with E-state index >= 15 is 0 Å². The van der Waals surface area contributed by atoms with Crippen LogP contribution in [0.1, 0.15) is 12.5 Å². The van der Waals surface area contributed by atoms with E-state index in [9.17, 15) is 0 Å². The van der Waals surface area contributed by atoms with Gasteiger partial charge in [-0.1, -0.05) is 30.7 Å². The molecule has 0 atom stereocenters. The highest BCUT2D eigenvalue weighted by molar-refractivity contribution is 6.99. The van der Waals surface area contributed by atoms with E-state index < -0.39 is 0 Å². The number of nitrogens with zero attached hydrogens (tertiary/aromatic N) is 2. The zero-order valence-corrected chi connectivity index (χ0v) is 9.68. The highest BCUT2D eigenvalue weighted by atomic mass is 35.5. The number of benzene rings is 1. The number of halogens is 1. The Morgan fingerprint density at radius 1 is 1.27 bits per heavy atom. The maximum absolute atomic E-state index is 5.76.